The van der Waals surface area contributed by atoms with Crippen LogP contribution in [0, 0.1) is 0 Å². The number of carbonyl (C=O) groups excluding carboxylic acids is 1. The van der Waals surface area contributed by atoms with Crippen LogP contribution in [0.25, 0.3) is 11.3 Å². The minimum Gasteiger partial charge on any atom is -0.497 e. The van der Waals surface area contributed by atoms with Crippen LogP contribution in [0.15, 0.2) is 53.8 Å². The van der Waals surface area contributed by atoms with E-state index in [2.05, 4.69) is 21.1 Å². The number of carbonyl (C=O) groups is 1. The average molecular weight is 381 g/mol. The van der Waals surface area contributed by atoms with E-state index in [1.165, 1.54) is 7.11 Å². The van der Waals surface area contributed by atoms with E-state index >= 15 is 0 Å². The van der Waals surface area contributed by atoms with E-state index in [-0.39, 0.29) is 5.91 Å². The maximum absolute atomic E-state index is 12.8. The number of fused-ring (bicyclic) bond motifs is 1. The topological polar surface area (TPSA) is 65.4 Å². The monoisotopic (exact) mass is 381 g/mol. The Balaban J connectivity index is 1.59. The molecule has 1 aromatic heterocycles. The van der Waals surface area contributed by atoms with Gasteiger partial charge in [0, 0.05) is 29.7 Å². The first-order valence-corrected chi connectivity index (χ1v) is 9.50. The van der Waals surface area contributed by atoms with Gasteiger partial charge < -0.3 is 19.4 Å². The Morgan fingerprint density at radius 3 is 2.85 bits per heavy atom. The van der Waals surface area contributed by atoms with Crippen molar-refractivity contribution in [3.05, 3.63) is 54.2 Å². The molecule has 1 aliphatic rings. The zero-order chi connectivity index (χ0) is 18.8. The van der Waals surface area contributed by atoms with Crippen LogP contribution in [0.2, 0.25) is 0 Å². The predicted molar refractivity (Wildman–Crippen MR) is 106 cm³/mol. The molecule has 0 spiro atoms. The summed E-state index contributed by atoms with van der Waals surface area (Å²) in [7, 11) is 3.10. The van der Waals surface area contributed by atoms with Crippen LogP contribution in [0.4, 0.5) is 5.69 Å². The van der Waals surface area contributed by atoms with Crippen molar-refractivity contribution < 1.29 is 14.3 Å². The van der Waals surface area contributed by atoms with Gasteiger partial charge in [0.15, 0.2) is 5.16 Å². The standard InChI is InChI=1S/C20H19N3O3S/c1-25-15-6-7-18(26-2)16(11-15)19(24)21-14-5-3-4-13(10-14)17-12-23-8-9-27-20(23)22-17/h3-7,10-12H,8-9H2,1-2H3,(H,21,24). The number of ether oxygens (including phenoxy) is 2. The molecule has 2 heterocycles. The molecule has 27 heavy (non-hydrogen) atoms. The van der Waals surface area contributed by atoms with E-state index in [0.29, 0.717) is 22.7 Å². The highest BCUT2D eigenvalue weighted by Gasteiger charge is 2.17. The number of thioether (sulfide) groups is 1. The predicted octanol–water partition coefficient (Wildman–Crippen LogP) is 3.93. The number of amides is 1. The van der Waals surface area contributed by atoms with Crippen LogP contribution < -0.4 is 14.8 Å². The second-order valence-electron chi connectivity index (χ2n) is 6.05. The molecule has 7 heteroatoms. The number of imidazole rings is 1. The Morgan fingerprint density at radius 2 is 2.07 bits per heavy atom. The minimum absolute atomic E-state index is 0.259. The first kappa shape index (κ1) is 17.5. The van der Waals surface area contributed by atoms with Gasteiger partial charge in [-0.3, -0.25) is 4.79 Å². The third kappa shape index (κ3) is 3.50. The highest BCUT2D eigenvalue weighted by molar-refractivity contribution is 7.99. The van der Waals surface area contributed by atoms with Crippen molar-refractivity contribution >= 4 is 23.4 Å². The lowest BCUT2D eigenvalue weighted by Gasteiger charge is -2.11. The molecule has 0 atom stereocenters. The number of hydrogen-bond donors (Lipinski definition) is 1. The van der Waals surface area contributed by atoms with Gasteiger partial charge in [-0.25, -0.2) is 4.98 Å². The molecule has 0 bridgehead atoms. The van der Waals surface area contributed by atoms with E-state index in [9.17, 15) is 4.79 Å². The number of nitrogens with one attached hydrogen (secondary N) is 1. The lowest BCUT2D eigenvalue weighted by molar-refractivity contribution is 0.102. The van der Waals surface area contributed by atoms with Gasteiger partial charge in [0.1, 0.15) is 11.5 Å². The maximum Gasteiger partial charge on any atom is 0.259 e. The van der Waals surface area contributed by atoms with Crippen molar-refractivity contribution in [3.8, 4) is 22.8 Å². The fraction of sp³-hybridized carbons (Fsp3) is 0.200. The van der Waals surface area contributed by atoms with Gasteiger partial charge in [-0.05, 0) is 30.3 Å². The van der Waals surface area contributed by atoms with Gasteiger partial charge in [-0.1, -0.05) is 23.9 Å². The Kier molecular flexibility index (Phi) is 4.77. The normalized spacial score (nSPS) is 12.5. The first-order chi connectivity index (χ1) is 13.2. The molecule has 0 aliphatic carbocycles. The Morgan fingerprint density at radius 1 is 1.19 bits per heavy atom. The third-order valence-corrected chi connectivity index (χ3v) is 5.34. The number of aromatic nitrogens is 2. The molecule has 6 nitrogen and oxygen atoms in total. The van der Waals surface area contributed by atoms with E-state index in [0.717, 1.165) is 28.7 Å². The fourth-order valence-corrected chi connectivity index (χ4v) is 3.94. The number of aryl methyl sites for hydroxylation is 1. The average Bonchev–Trinajstić information content (AvgIpc) is 3.30. The molecule has 2 aromatic carbocycles. The molecule has 1 aliphatic heterocycles. The maximum atomic E-state index is 12.8. The van der Waals surface area contributed by atoms with Crippen molar-refractivity contribution in [2.75, 3.05) is 25.3 Å². The Bertz CT molecular complexity index is 978. The first-order valence-electron chi connectivity index (χ1n) is 8.51. The molecule has 1 amide bonds. The van der Waals surface area contributed by atoms with Crippen LogP contribution in [-0.4, -0.2) is 35.4 Å². The van der Waals surface area contributed by atoms with Gasteiger partial charge in [0.05, 0.1) is 25.5 Å². The smallest absolute Gasteiger partial charge is 0.259 e. The third-order valence-electron chi connectivity index (χ3n) is 4.37. The van der Waals surface area contributed by atoms with Crippen molar-refractivity contribution in [1.29, 1.82) is 0 Å². The van der Waals surface area contributed by atoms with Crippen LogP contribution >= 0.6 is 11.8 Å². The SMILES string of the molecule is COc1ccc(OC)c(C(=O)Nc2cccc(-c3cn4c(n3)SCC4)c2)c1. The molecule has 0 radical (unpaired) electrons. The molecular weight excluding hydrogens is 362 g/mol. The lowest BCUT2D eigenvalue weighted by Crippen LogP contribution is -2.13. The van der Waals surface area contributed by atoms with E-state index in [1.807, 2.05) is 24.3 Å². The quantitative estimate of drug-likeness (QED) is 0.726. The number of nitrogens with zero attached hydrogens (tertiary/aromatic N) is 2. The van der Waals surface area contributed by atoms with Crippen molar-refractivity contribution in [3.63, 3.8) is 0 Å². The van der Waals surface area contributed by atoms with Crippen LogP contribution in [-0.2, 0) is 6.54 Å². The molecular formula is C20H19N3O3S. The number of hydrogen-bond acceptors (Lipinski definition) is 5. The lowest BCUT2D eigenvalue weighted by atomic mass is 10.1. The molecule has 0 saturated carbocycles. The zero-order valence-corrected chi connectivity index (χ0v) is 15.9. The largest absolute Gasteiger partial charge is 0.497 e. The summed E-state index contributed by atoms with van der Waals surface area (Å²) < 4.78 is 12.7. The summed E-state index contributed by atoms with van der Waals surface area (Å²) in [5.41, 5.74) is 2.99. The highest BCUT2D eigenvalue weighted by Crippen LogP contribution is 2.30. The highest BCUT2D eigenvalue weighted by atomic mass is 32.2. The van der Waals surface area contributed by atoms with Gasteiger partial charge in [0.2, 0.25) is 0 Å². The zero-order valence-electron chi connectivity index (χ0n) is 15.1. The van der Waals surface area contributed by atoms with Crippen LogP contribution in [0.1, 0.15) is 10.4 Å². The van der Waals surface area contributed by atoms with E-state index in [1.54, 1.807) is 37.1 Å². The Hall–Kier alpha value is -2.93. The van der Waals surface area contributed by atoms with E-state index in [4.69, 9.17) is 9.47 Å². The summed E-state index contributed by atoms with van der Waals surface area (Å²) in [6.45, 7) is 0.985. The number of benzene rings is 2. The van der Waals surface area contributed by atoms with Gasteiger partial charge in [-0.2, -0.15) is 0 Å². The van der Waals surface area contributed by atoms with Crippen molar-refractivity contribution in [1.82, 2.24) is 9.55 Å². The molecule has 1 N–H and O–H groups in total. The molecule has 0 unspecified atom stereocenters. The second kappa shape index (κ2) is 7.36. The number of rotatable bonds is 5. The van der Waals surface area contributed by atoms with Crippen molar-refractivity contribution in [2.45, 2.75) is 11.7 Å². The fourth-order valence-electron chi connectivity index (χ4n) is 2.99. The summed E-state index contributed by atoms with van der Waals surface area (Å²) in [6, 6.07) is 12.8. The summed E-state index contributed by atoms with van der Waals surface area (Å²) >= 11 is 1.76. The number of anilines is 1. The van der Waals surface area contributed by atoms with Crippen LogP contribution in [0.3, 0.4) is 0 Å². The summed E-state index contributed by atoms with van der Waals surface area (Å²) in [6.07, 6.45) is 2.06. The van der Waals surface area contributed by atoms with Crippen molar-refractivity contribution in [2.24, 2.45) is 0 Å². The molecule has 138 valence electrons. The van der Waals surface area contributed by atoms with E-state index < -0.39 is 0 Å². The Labute approximate surface area is 161 Å². The van der Waals surface area contributed by atoms with Crippen LogP contribution in [0.5, 0.6) is 11.5 Å². The minimum atomic E-state index is -0.259. The van der Waals surface area contributed by atoms with Gasteiger partial charge >= 0.3 is 0 Å². The molecule has 3 aromatic rings. The van der Waals surface area contributed by atoms with Gasteiger partial charge in [-0.15, -0.1) is 0 Å². The molecule has 0 saturated heterocycles. The molecule has 0 fully saturated rings. The summed E-state index contributed by atoms with van der Waals surface area (Å²) in [5, 5.41) is 3.97. The number of methoxy groups -OCH3 is 2. The summed E-state index contributed by atoms with van der Waals surface area (Å²) in [4.78, 5) is 17.4. The van der Waals surface area contributed by atoms with Gasteiger partial charge in [0.25, 0.3) is 5.91 Å². The summed E-state index contributed by atoms with van der Waals surface area (Å²) in [5.74, 6) is 1.90. The second-order valence-corrected chi connectivity index (χ2v) is 7.11. The molecule has 4 rings (SSSR count).